The Balaban J connectivity index is 2.35. The Morgan fingerprint density at radius 3 is 2.53 bits per heavy atom. The van der Waals surface area contributed by atoms with E-state index in [1.165, 1.54) is 25.7 Å². The summed E-state index contributed by atoms with van der Waals surface area (Å²) in [5, 5.41) is 0. The van der Waals surface area contributed by atoms with E-state index in [9.17, 15) is 0 Å². The van der Waals surface area contributed by atoms with Crippen molar-refractivity contribution in [2.75, 3.05) is 6.61 Å². The van der Waals surface area contributed by atoms with Gasteiger partial charge in [-0.25, -0.2) is 0 Å². The van der Waals surface area contributed by atoms with Crippen molar-refractivity contribution in [1.29, 1.82) is 0 Å². The minimum Gasteiger partial charge on any atom is -0.492 e. The van der Waals surface area contributed by atoms with Gasteiger partial charge < -0.3 is 4.74 Å². The maximum absolute atomic E-state index is 5.77. The maximum Gasteiger partial charge on any atom is 0.119 e. The fraction of sp³-hybridized carbons (Fsp3) is 0.625. The van der Waals surface area contributed by atoms with Gasteiger partial charge in [0.2, 0.25) is 0 Å². The lowest BCUT2D eigenvalue weighted by atomic mass is 9.92. The largest absolute Gasteiger partial charge is 0.492 e. The van der Waals surface area contributed by atoms with Crippen LogP contribution in [0, 0.1) is 5.92 Å². The molecule has 1 rings (SSSR count). The van der Waals surface area contributed by atoms with Gasteiger partial charge in [-0.05, 0) is 24.5 Å². The first-order valence-electron chi connectivity index (χ1n) is 7.44. The molecule has 0 aromatic heterocycles. The number of nitrogens with two attached hydrogens (primary N) is 1. The lowest BCUT2D eigenvalue weighted by Crippen LogP contribution is -2.41. The Kier molecular flexibility index (Phi) is 8.26. The molecule has 0 bridgehead atoms. The number of benzene rings is 1. The van der Waals surface area contributed by atoms with Crippen molar-refractivity contribution in [2.45, 2.75) is 52.0 Å². The highest BCUT2D eigenvalue weighted by molar-refractivity contribution is 5.20. The second kappa shape index (κ2) is 9.82. The van der Waals surface area contributed by atoms with Crippen LogP contribution in [0.1, 0.15) is 46.0 Å². The first kappa shape index (κ1) is 16.0. The molecule has 0 radical (unpaired) electrons. The zero-order chi connectivity index (χ0) is 13.9. The van der Waals surface area contributed by atoms with Crippen molar-refractivity contribution in [1.82, 2.24) is 5.43 Å². The van der Waals surface area contributed by atoms with E-state index >= 15 is 0 Å². The summed E-state index contributed by atoms with van der Waals surface area (Å²) in [5.41, 5.74) is 2.89. The molecule has 0 heterocycles. The highest BCUT2D eigenvalue weighted by atomic mass is 16.5. The van der Waals surface area contributed by atoms with Crippen LogP contribution in [-0.2, 0) is 0 Å². The van der Waals surface area contributed by atoms with E-state index in [4.69, 9.17) is 10.6 Å². The summed E-state index contributed by atoms with van der Waals surface area (Å²) >= 11 is 0. The van der Waals surface area contributed by atoms with Gasteiger partial charge in [-0.2, -0.15) is 0 Å². The summed E-state index contributed by atoms with van der Waals surface area (Å²) in [5.74, 6) is 7.28. The van der Waals surface area contributed by atoms with E-state index in [0.717, 1.165) is 18.1 Å². The molecule has 19 heavy (non-hydrogen) atoms. The van der Waals surface area contributed by atoms with Gasteiger partial charge in [0, 0.05) is 0 Å². The summed E-state index contributed by atoms with van der Waals surface area (Å²) in [7, 11) is 0. The third kappa shape index (κ3) is 6.60. The molecule has 0 spiro atoms. The van der Waals surface area contributed by atoms with E-state index in [1.807, 2.05) is 30.3 Å². The minimum absolute atomic E-state index is 0.224. The van der Waals surface area contributed by atoms with E-state index in [1.54, 1.807) is 0 Å². The first-order valence-corrected chi connectivity index (χ1v) is 7.44. The van der Waals surface area contributed by atoms with Gasteiger partial charge in [-0.3, -0.25) is 11.3 Å². The molecule has 1 aromatic rings. The molecule has 2 unspecified atom stereocenters. The van der Waals surface area contributed by atoms with Crippen molar-refractivity contribution in [3.8, 4) is 5.75 Å². The molecular weight excluding hydrogens is 236 g/mol. The minimum atomic E-state index is 0.224. The number of rotatable bonds is 10. The van der Waals surface area contributed by atoms with Gasteiger partial charge in [-0.15, -0.1) is 0 Å². The molecule has 3 N–H and O–H groups in total. The molecule has 0 aliphatic carbocycles. The molecule has 3 heteroatoms. The Labute approximate surface area is 117 Å². The monoisotopic (exact) mass is 264 g/mol. The summed E-state index contributed by atoms with van der Waals surface area (Å²) in [6.45, 7) is 5.12. The highest BCUT2D eigenvalue weighted by Crippen LogP contribution is 2.19. The molecule has 0 saturated heterocycles. The lowest BCUT2D eigenvalue weighted by Gasteiger charge is -2.22. The lowest BCUT2D eigenvalue weighted by molar-refractivity contribution is 0.232. The van der Waals surface area contributed by atoms with E-state index in [-0.39, 0.29) is 6.04 Å². The molecule has 108 valence electrons. The SMILES string of the molecule is CCCCC(CC)CC(COc1ccccc1)NN. The summed E-state index contributed by atoms with van der Waals surface area (Å²) < 4.78 is 5.77. The van der Waals surface area contributed by atoms with Crippen LogP contribution in [0.25, 0.3) is 0 Å². The molecule has 0 aliphatic heterocycles. The normalized spacial score (nSPS) is 14.1. The summed E-state index contributed by atoms with van der Waals surface area (Å²) in [4.78, 5) is 0. The number of nitrogens with one attached hydrogen (secondary N) is 1. The van der Waals surface area contributed by atoms with Gasteiger partial charge >= 0.3 is 0 Å². The summed E-state index contributed by atoms with van der Waals surface area (Å²) in [6.07, 6.45) is 6.15. The molecule has 0 amide bonds. The van der Waals surface area contributed by atoms with Crippen molar-refractivity contribution >= 4 is 0 Å². The van der Waals surface area contributed by atoms with Crippen LogP contribution in [0.5, 0.6) is 5.75 Å². The van der Waals surface area contributed by atoms with Gasteiger partial charge in [-0.1, -0.05) is 57.7 Å². The number of para-hydroxylation sites is 1. The number of hydrogen-bond acceptors (Lipinski definition) is 3. The quantitative estimate of drug-likeness (QED) is 0.502. The van der Waals surface area contributed by atoms with Crippen molar-refractivity contribution in [3.63, 3.8) is 0 Å². The third-order valence-corrected chi connectivity index (χ3v) is 3.59. The van der Waals surface area contributed by atoms with Gasteiger partial charge in [0.05, 0.1) is 6.04 Å². The van der Waals surface area contributed by atoms with Crippen molar-refractivity contribution in [2.24, 2.45) is 11.8 Å². The Hall–Kier alpha value is -1.06. The molecule has 0 fully saturated rings. The van der Waals surface area contributed by atoms with Gasteiger partial charge in [0.1, 0.15) is 12.4 Å². The van der Waals surface area contributed by atoms with E-state index in [0.29, 0.717) is 6.61 Å². The predicted octanol–water partition coefficient (Wildman–Crippen LogP) is 3.50. The predicted molar refractivity (Wildman–Crippen MR) is 81.0 cm³/mol. The van der Waals surface area contributed by atoms with Crippen LogP contribution in [0.4, 0.5) is 0 Å². The molecule has 0 aliphatic rings. The number of hydrazine groups is 1. The van der Waals surface area contributed by atoms with Crippen LogP contribution >= 0.6 is 0 Å². The zero-order valence-electron chi connectivity index (χ0n) is 12.3. The molecule has 2 atom stereocenters. The number of hydrogen-bond donors (Lipinski definition) is 2. The Morgan fingerprint density at radius 1 is 1.21 bits per heavy atom. The van der Waals surface area contributed by atoms with Crippen molar-refractivity contribution in [3.05, 3.63) is 30.3 Å². The second-order valence-corrected chi connectivity index (χ2v) is 5.14. The topological polar surface area (TPSA) is 47.3 Å². The van der Waals surface area contributed by atoms with E-state index in [2.05, 4.69) is 19.3 Å². The molecule has 0 saturated carbocycles. The molecule has 3 nitrogen and oxygen atoms in total. The van der Waals surface area contributed by atoms with Crippen LogP contribution < -0.4 is 16.0 Å². The van der Waals surface area contributed by atoms with Crippen molar-refractivity contribution < 1.29 is 4.74 Å². The maximum atomic E-state index is 5.77. The number of unbranched alkanes of at least 4 members (excludes halogenated alkanes) is 1. The van der Waals surface area contributed by atoms with Crippen LogP contribution in [0.15, 0.2) is 30.3 Å². The standard InChI is InChI=1S/C16H28N2O/c1-3-5-9-14(4-2)12-15(18-17)13-19-16-10-7-6-8-11-16/h6-8,10-11,14-15,18H,3-5,9,12-13,17H2,1-2H3. The smallest absolute Gasteiger partial charge is 0.119 e. The van der Waals surface area contributed by atoms with Gasteiger partial charge in [0.15, 0.2) is 0 Å². The third-order valence-electron chi connectivity index (χ3n) is 3.59. The average molecular weight is 264 g/mol. The summed E-state index contributed by atoms with van der Waals surface area (Å²) in [6, 6.07) is 10.1. The fourth-order valence-corrected chi connectivity index (χ4v) is 2.28. The zero-order valence-corrected chi connectivity index (χ0v) is 12.3. The molecule has 1 aromatic carbocycles. The van der Waals surface area contributed by atoms with Crippen LogP contribution in [0.3, 0.4) is 0 Å². The average Bonchev–Trinajstić information content (AvgIpc) is 2.47. The molecular formula is C16H28N2O. The number of ether oxygens (including phenoxy) is 1. The second-order valence-electron chi connectivity index (χ2n) is 5.14. The fourth-order valence-electron chi connectivity index (χ4n) is 2.28. The van der Waals surface area contributed by atoms with Crippen LogP contribution in [0.2, 0.25) is 0 Å². The Morgan fingerprint density at radius 2 is 1.95 bits per heavy atom. The Bertz CT molecular complexity index is 316. The first-order chi connectivity index (χ1) is 9.30. The van der Waals surface area contributed by atoms with E-state index < -0.39 is 0 Å². The highest BCUT2D eigenvalue weighted by Gasteiger charge is 2.14. The van der Waals surface area contributed by atoms with Gasteiger partial charge in [0.25, 0.3) is 0 Å². The van der Waals surface area contributed by atoms with Crippen LogP contribution in [-0.4, -0.2) is 12.6 Å².